The van der Waals surface area contributed by atoms with Gasteiger partial charge in [-0.1, -0.05) is 77.0 Å². The molecule has 1 N–H and O–H groups in total. The summed E-state index contributed by atoms with van der Waals surface area (Å²) in [5.74, 6) is 2.18. The monoisotopic (exact) mass is 520 g/mol. The summed E-state index contributed by atoms with van der Waals surface area (Å²) in [6, 6.07) is 11.1. The fraction of sp³-hybridized carbons (Fsp3) is 0.429. The van der Waals surface area contributed by atoms with Crippen LogP contribution < -0.4 is 9.88 Å². The number of ether oxygens (including phenoxy) is 1. The van der Waals surface area contributed by atoms with Crippen molar-refractivity contribution in [2.75, 3.05) is 13.3 Å². The third kappa shape index (κ3) is 4.74. The molecule has 1 aromatic heterocycles. The van der Waals surface area contributed by atoms with Crippen molar-refractivity contribution in [3.63, 3.8) is 0 Å². The third-order valence-corrected chi connectivity index (χ3v) is 9.29. The molecule has 6 rings (SSSR count). The average Bonchev–Trinajstić information content (AvgIpc) is 3.39. The molecule has 0 bridgehead atoms. The number of nitrogens with one attached hydrogen (secondary N) is 1. The van der Waals surface area contributed by atoms with Crippen LogP contribution in [-0.4, -0.2) is 25.0 Å². The van der Waals surface area contributed by atoms with Gasteiger partial charge in [0.2, 0.25) is 11.4 Å². The fourth-order valence-electron chi connectivity index (χ4n) is 7.29. The second-order valence-electron chi connectivity index (χ2n) is 12.0. The highest BCUT2D eigenvalue weighted by molar-refractivity contribution is 6.10. The van der Waals surface area contributed by atoms with E-state index in [2.05, 4.69) is 73.4 Å². The van der Waals surface area contributed by atoms with Crippen LogP contribution in [0.25, 0.3) is 11.3 Å². The second-order valence-corrected chi connectivity index (χ2v) is 12.0. The largest absolute Gasteiger partial charge is 0.478 e. The Kier molecular flexibility index (Phi) is 7.16. The minimum Gasteiger partial charge on any atom is -0.478 e. The highest BCUT2D eigenvalue weighted by Gasteiger charge is 2.40. The number of rotatable bonds is 4. The molecule has 4 aliphatic rings. The van der Waals surface area contributed by atoms with Crippen LogP contribution in [-0.2, 0) is 11.2 Å². The molecule has 2 aromatic rings. The van der Waals surface area contributed by atoms with Gasteiger partial charge in [-0.2, -0.15) is 4.57 Å². The first-order valence-electron chi connectivity index (χ1n) is 14.8. The lowest BCUT2D eigenvalue weighted by Crippen LogP contribution is -2.44. The number of aliphatic imine (C=N–C) groups is 1. The van der Waals surface area contributed by atoms with Gasteiger partial charge >= 0.3 is 0 Å². The van der Waals surface area contributed by atoms with E-state index in [1.807, 2.05) is 6.08 Å². The Labute approximate surface area is 233 Å². The molecule has 39 heavy (non-hydrogen) atoms. The maximum atomic E-state index is 6.11. The van der Waals surface area contributed by atoms with Gasteiger partial charge in [-0.3, -0.25) is 10.3 Å². The van der Waals surface area contributed by atoms with E-state index in [1.165, 1.54) is 53.5 Å². The minimum absolute atomic E-state index is 0.0666. The molecule has 4 heteroatoms. The predicted octanol–water partition coefficient (Wildman–Crippen LogP) is 7.08. The Morgan fingerprint density at radius 3 is 2.72 bits per heavy atom. The Morgan fingerprint density at radius 2 is 1.95 bits per heavy atom. The molecule has 0 radical (unpaired) electrons. The molecule has 4 heterocycles. The normalized spacial score (nSPS) is 23.4. The van der Waals surface area contributed by atoms with Crippen molar-refractivity contribution < 1.29 is 9.30 Å². The van der Waals surface area contributed by atoms with E-state index in [1.54, 1.807) is 0 Å². The van der Waals surface area contributed by atoms with Gasteiger partial charge in [0.25, 0.3) is 0 Å². The maximum Gasteiger partial charge on any atom is 0.222 e. The number of aromatic nitrogens is 1. The number of nitrogens with zero attached hydrogens (tertiary/aromatic N) is 2. The molecule has 202 valence electrons. The van der Waals surface area contributed by atoms with Crippen molar-refractivity contribution in [3.8, 4) is 0 Å². The van der Waals surface area contributed by atoms with E-state index in [9.17, 15) is 0 Å². The highest BCUT2D eigenvalue weighted by Crippen LogP contribution is 2.42. The first kappa shape index (κ1) is 26.0. The van der Waals surface area contributed by atoms with Crippen molar-refractivity contribution in [2.45, 2.75) is 76.7 Å². The zero-order valence-electron chi connectivity index (χ0n) is 23.6. The van der Waals surface area contributed by atoms with Gasteiger partial charge in [0, 0.05) is 29.7 Å². The van der Waals surface area contributed by atoms with Crippen LogP contribution in [0.1, 0.15) is 92.2 Å². The van der Waals surface area contributed by atoms with Gasteiger partial charge in [-0.15, -0.1) is 0 Å². The molecule has 4 nitrogen and oxygen atoms in total. The second kappa shape index (κ2) is 10.7. The third-order valence-electron chi connectivity index (χ3n) is 9.29. The zero-order chi connectivity index (χ0) is 27.1. The van der Waals surface area contributed by atoms with Crippen LogP contribution in [0, 0.1) is 5.92 Å². The van der Waals surface area contributed by atoms with Crippen LogP contribution in [0.5, 0.6) is 0 Å². The summed E-state index contributed by atoms with van der Waals surface area (Å²) in [5.41, 5.74) is 11.0. The Hall–Kier alpha value is -3.24. The minimum atomic E-state index is -0.0666. The van der Waals surface area contributed by atoms with Crippen molar-refractivity contribution in [3.05, 3.63) is 102 Å². The molecule has 3 aliphatic heterocycles. The summed E-state index contributed by atoms with van der Waals surface area (Å²) in [6.07, 6.45) is 12.7. The lowest BCUT2D eigenvalue weighted by Gasteiger charge is -2.30. The molecule has 2 unspecified atom stereocenters. The summed E-state index contributed by atoms with van der Waals surface area (Å²) >= 11 is 0. The average molecular weight is 521 g/mol. The van der Waals surface area contributed by atoms with Gasteiger partial charge in [-0.05, 0) is 60.5 Å². The number of hydrogen-bond donors (Lipinski definition) is 1. The number of allylic oxidation sites excluding steroid dienone is 2. The van der Waals surface area contributed by atoms with Crippen molar-refractivity contribution in [2.24, 2.45) is 10.9 Å². The fourth-order valence-corrected chi connectivity index (χ4v) is 7.29. The number of fused-ring (bicyclic) bond motifs is 5. The molecule has 0 saturated heterocycles. The molecule has 1 saturated carbocycles. The van der Waals surface area contributed by atoms with Crippen LogP contribution in [0.2, 0.25) is 0 Å². The van der Waals surface area contributed by atoms with Gasteiger partial charge in [0.1, 0.15) is 18.5 Å². The first-order valence-corrected chi connectivity index (χ1v) is 14.8. The van der Waals surface area contributed by atoms with E-state index in [-0.39, 0.29) is 12.0 Å². The number of pyridine rings is 1. The SMILES string of the molecule is C=CC1=NC2C(=C)[n+]3cc(C(C)C)c(CC4CCCC4)cc3C3=C(CCC2c2ccccc21)CNCOC3=C. The van der Waals surface area contributed by atoms with Crippen LogP contribution in [0.3, 0.4) is 0 Å². The lowest BCUT2D eigenvalue weighted by molar-refractivity contribution is -0.587. The quantitative estimate of drug-likeness (QED) is 0.438. The van der Waals surface area contributed by atoms with E-state index >= 15 is 0 Å². The summed E-state index contributed by atoms with van der Waals surface area (Å²) < 4.78 is 8.45. The Bertz CT molecular complexity index is 1390. The van der Waals surface area contributed by atoms with Gasteiger partial charge in [0.05, 0.1) is 11.3 Å². The van der Waals surface area contributed by atoms with Gasteiger partial charge in [0.15, 0.2) is 6.20 Å². The number of hydrogen-bond acceptors (Lipinski definition) is 3. The molecule has 0 spiro atoms. The molecule has 1 aliphatic carbocycles. The lowest BCUT2D eigenvalue weighted by atomic mass is 9.79. The van der Waals surface area contributed by atoms with Crippen molar-refractivity contribution in [1.82, 2.24) is 5.32 Å². The molecular weight excluding hydrogens is 478 g/mol. The van der Waals surface area contributed by atoms with Crippen molar-refractivity contribution in [1.29, 1.82) is 0 Å². The molecule has 0 amide bonds. The van der Waals surface area contributed by atoms with Crippen LogP contribution in [0.4, 0.5) is 0 Å². The standard InChI is InChI=1S/C35H42N3O/c1-6-32-29-14-10-9-13-28(29)30-16-15-26-19-36-21-39-24(5)34(26)33-18-27(17-25-11-7-8-12-25)31(22(2)3)20-38(33)23(4)35(30)37-32/h6,9-10,13-14,18,20,22,25,30,35-36H,1,4-5,7-8,11-12,15-17,19,21H2,2-3H3/q+1. The zero-order valence-corrected chi connectivity index (χ0v) is 23.6. The molecular formula is C35H42N3O+. The first-order chi connectivity index (χ1) is 19.0. The van der Waals surface area contributed by atoms with E-state index in [4.69, 9.17) is 16.3 Å². The Morgan fingerprint density at radius 1 is 1.15 bits per heavy atom. The Balaban J connectivity index is 1.58. The van der Waals surface area contributed by atoms with Crippen LogP contribution >= 0.6 is 0 Å². The summed E-state index contributed by atoms with van der Waals surface area (Å²) in [5, 5.41) is 3.48. The molecule has 1 fully saturated rings. The summed E-state index contributed by atoms with van der Waals surface area (Å²) in [6.45, 7) is 19.2. The summed E-state index contributed by atoms with van der Waals surface area (Å²) in [4.78, 5) is 5.31. The maximum absolute atomic E-state index is 6.11. The highest BCUT2D eigenvalue weighted by atomic mass is 16.5. The predicted molar refractivity (Wildman–Crippen MR) is 161 cm³/mol. The van der Waals surface area contributed by atoms with Gasteiger partial charge < -0.3 is 4.74 Å². The van der Waals surface area contributed by atoms with E-state index in [0.717, 1.165) is 60.2 Å². The van der Waals surface area contributed by atoms with Crippen LogP contribution in [0.15, 0.2) is 78.7 Å². The van der Waals surface area contributed by atoms with E-state index in [0.29, 0.717) is 12.6 Å². The topological polar surface area (TPSA) is 37.5 Å². The smallest absolute Gasteiger partial charge is 0.222 e. The molecule has 2 atom stereocenters. The molecule has 1 aromatic carbocycles. The van der Waals surface area contributed by atoms with E-state index < -0.39 is 0 Å². The van der Waals surface area contributed by atoms with Crippen molar-refractivity contribution >= 4 is 17.0 Å². The van der Waals surface area contributed by atoms with Gasteiger partial charge in [-0.25, -0.2) is 0 Å². The number of benzene rings is 1. The summed E-state index contributed by atoms with van der Waals surface area (Å²) in [7, 11) is 0.